The van der Waals surface area contributed by atoms with Gasteiger partial charge >= 0.3 is 6.09 Å². The van der Waals surface area contributed by atoms with E-state index in [2.05, 4.69) is 6.58 Å². The minimum atomic E-state index is -0.289. The van der Waals surface area contributed by atoms with Crippen LogP contribution >= 0.6 is 0 Å². The van der Waals surface area contributed by atoms with Gasteiger partial charge in [-0.1, -0.05) is 24.3 Å². The molecule has 1 fully saturated rings. The first-order chi connectivity index (χ1) is 8.72. The van der Waals surface area contributed by atoms with E-state index in [0.29, 0.717) is 13.2 Å². The number of allylic oxidation sites excluding steroid dienone is 1. The molecule has 1 atom stereocenters. The lowest BCUT2D eigenvalue weighted by atomic mass is 10.1. The standard InChI is InChI=1S/C14H17NO3/c1-3-6-11-7-4-5-8-13(11)17-9-12-10-18-14(16)15(12)2/h3-5,7-8,12H,1,6,9-10H2,2H3. The van der Waals surface area contributed by atoms with Gasteiger partial charge in [0.2, 0.25) is 0 Å². The summed E-state index contributed by atoms with van der Waals surface area (Å²) in [7, 11) is 1.72. The minimum Gasteiger partial charge on any atom is -0.491 e. The smallest absolute Gasteiger partial charge is 0.410 e. The van der Waals surface area contributed by atoms with Gasteiger partial charge in [0, 0.05) is 7.05 Å². The van der Waals surface area contributed by atoms with Gasteiger partial charge in [-0.25, -0.2) is 4.79 Å². The number of cyclic esters (lactones) is 1. The lowest BCUT2D eigenvalue weighted by molar-refractivity contribution is 0.162. The zero-order valence-electron chi connectivity index (χ0n) is 10.5. The summed E-state index contributed by atoms with van der Waals surface area (Å²) in [5, 5.41) is 0. The van der Waals surface area contributed by atoms with E-state index in [-0.39, 0.29) is 12.1 Å². The van der Waals surface area contributed by atoms with Gasteiger partial charge in [0.1, 0.15) is 25.0 Å². The van der Waals surface area contributed by atoms with E-state index in [1.807, 2.05) is 30.3 Å². The summed E-state index contributed by atoms with van der Waals surface area (Å²) in [5.41, 5.74) is 1.10. The third kappa shape index (κ3) is 2.64. The van der Waals surface area contributed by atoms with Crippen LogP contribution in [0.1, 0.15) is 5.56 Å². The van der Waals surface area contributed by atoms with Crippen molar-refractivity contribution in [2.75, 3.05) is 20.3 Å². The van der Waals surface area contributed by atoms with Gasteiger partial charge in [0.25, 0.3) is 0 Å². The summed E-state index contributed by atoms with van der Waals surface area (Å²) >= 11 is 0. The molecule has 0 aromatic heterocycles. The molecule has 0 bridgehead atoms. The highest BCUT2D eigenvalue weighted by Crippen LogP contribution is 2.20. The summed E-state index contributed by atoms with van der Waals surface area (Å²) in [6.45, 7) is 4.56. The Morgan fingerprint density at radius 1 is 1.56 bits per heavy atom. The van der Waals surface area contributed by atoms with Crippen LogP contribution in [-0.2, 0) is 11.2 Å². The van der Waals surface area contributed by atoms with E-state index in [9.17, 15) is 4.79 Å². The number of carbonyl (C=O) groups is 1. The van der Waals surface area contributed by atoms with Gasteiger partial charge in [0.05, 0.1) is 0 Å². The van der Waals surface area contributed by atoms with Crippen molar-refractivity contribution in [1.29, 1.82) is 0 Å². The maximum atomic E-state index is 11.2. The second-order valence-corrected chi connectivity index (χ2v) is 4.25. The number of benzene rings is 1. The fourth-order valence-corrected chi connectivity index (χ4v) is 1.84. The number of hydrogen-bond donors (Lipinski definition) is 0. The molecule has 1 aromatic carbocycles. The SMILES string of the molecule is C=CCc1ccccc1OCC1COC(=O)N1C. The average Bonchev–Trinajstić information content (AvgIpc) is 2.70. The molecule has 1 heterocycles. The van der Waals surface area contributed by atoms with E-state index >= 15 is 0 Å². The first kappa shape index (κ1) is 12.5. The van der Waals surface area contributed by atoms with Gasteiger partial charge < -0.3 is 14.4 Å². The van der Waals surface area contributed by atoms with E-state index < -0.39 is 0 Å². The number of ether oxygens (including phenoxy) is 2. The van der Waals surface area contributed by atoms with Crippen molar-refractivity contribution in [3.63, 3.8) is 0 Å². The minimum absolute atomic E-state index is 0.0192. The molecule has 2 rings (SSSR count). The molecule has 1 amide bonds. The molecule has 4 heteroatoms. The van der Waals surface area contributed by atoms with E-state index in [1.165, 1.54) is 0 Å². The predicted octanol–water partition coefficient (Wildman–Crippen LogP) is 2.24. The van der Waals surface area contributed by atoms with Crippen LogP contribution in [0.5, 0.6) is 5.75 Å². The quantitative estimate of drug-likeness (QED) is 0.749. The second kappa shape index (κ2) is 5.58. The number of likely N-dealkylation sites (N-methyl/N-ethyl adjacent to an activating group) is 1. The van der Waals surface area contributed by atoms with Crippen molar-refractivity contribution in [3.8, 4) is 5.75 Å². The van der Waals surface area contributed by atoms with Gasteiger partial charge in [-0.2, -0.15) is 0 Å². The van der Waals surface area contributed by atoms with Crippen molar-refractivity contribution in [3.05, 3.63) is 42.5 Å². The molecule has 0 N–H and O–H groups in total. The topological polar surface area (TPSA) is 38.8 Å². The first-order valence-electron chi connectivity index (χ1n) is 5.93. The number of rotatable bonds is 5. The van der Waals surface area contributed by atoms with Crippen molar-refractivity contribution in [2.24, 2.45) is 0 Å². The Balaban J connectivity index is 1.98. The lowest BCUT2D eigenvalue weighted by Gasteiger charge is -2.17. The Morgan fingerprint density at radius 3 is 3.00 bits per heavy atom. The van der Waals surface area contributed by atoms with Gasteiger partial charge in [0.15, 0.2) is 0 Å². The Bertz CT molecular complexity index is 444. The highest BCUT2D eigenvalue weighted by Gasteiger charge is 2.30. The van der Waals surface area contributed by atoms with Gasteiger partial charge in [-0.05, 0) is 18.1 Å². The van der Waals surface area contributed by atoms with Crippen molar-refractivity contribution in [1.82, 2.24) is 4.90 Å². The molecular formula is C14H17NO3. The van der Waals surface area contributed by atoms with E-state index in [0.717, 1.165) is 17.7 Å². The van der Waals surface area contributed by atoms with Crippen LogP contribution in [0.3, 0.4) is 0 Å². The third-order valence-corrected chi connectivity index (χ3v) is 3.00. The van der Waals surface area contributed by atoms with Crippen LogP contribution in [0.25, 0.3) is 0 Å². The van der Waals surface area contributed by atoms with Gasteiger partial charge in [-0.15, -0.1) is 6.58 Å². The Kier molecular flexibility index (Phi) is 3.87. The van der Waals surface area contributed by atoms with Crippen molar-refractivity contribution >= 4 is 6.09 Å². The largest absolute Gasteiger partial charge is 0.491 e. The number of carbonyl (C=O) groups excluding carboxylic acids is 1. The van der Waals surface area contributed by atoms with Crippen molar-refractivity contribution < 1.29 is 14.3 Å². The fraction of sp³-hybridized carbons (Fsp3) is 0.357. The molecule has 96 valence electrons. The highest BCUT2D eigenvalue weighted by molar-refractivity contribution is 5.69. The molecule has 0 saturated carbocycles. The van der Waals surface area contributed by atoms with Crippen LogP contribution < -0.4 is 4.74 Å². The number of hydrogen-bond acceptors (Lipinski definition) is 3. The molecule has 1 aliphatic rings. The predicted molar refractivity (Wildman–Crippen MR) is 68.7 cm³/mol. The number of para-hydroxylation sites is 1. The van der Waals surface area contributed by atoms with E-state index in [4.69, 9.17) is 9.47 Å². The molecule has 0 aliphatic carbocycles. The normalized spacial score (nSPS) is 18.6. The van der Waals surface area contributed by atoms with Crippen LogP contribution in [0.2, 0.25) is 0 Å². The molecule has 4 nitrogen and oxygen atoms in total. The molecule has 1 unspecified atom stereocenters. The molecular weight excluding hydrogens is 230 g/mol. The lowest BCUT2D eigenvalue weighted by Crippen LogP contribution is -2.34. The third-order valence-electron chi connectivity index (χ3n) is 3.00. The fourth-order valence-electron chi connectivity index (χ4n) is 1.84. The molecule has 1 aromatic rings. The summed E-state index contributed by atoms with van der Waals surface area (Å²) in [6.07, 6.45) is 2.32. The van der Waals surface area contributed by atoms with E-state index in [1.54, 1.807) is 11.9 Å². The summed E-state index contributed by atoms with van der Waals surface area (Å²) < 4.78 is 10.7. The zero-order valence-corrected chi connectivity index (χ0v) is 10.5. The monoisotopic (exact) mass is 247 g/mol. The molecule has 1 aliphatic heterocycles. The molecule has 0 radical (unpaired) electrons. The van der Waals surface area contributed by atoms with Gasteiger partial charge in [-0.3, -0.25) is 0 Å². The summed E-state index contributed by atoms with van der Waals surface area (Å²) in [4.78, 5) is 12.8. The number of amides is 1. The Labute approximate surface area is 107 Å². The Morgan fingerprint density at radius 2 is 2.33 bits per heavy atom. The van der Waals surface area contributed by atoms with Crippen LogP contribution in [0, 0.1) is 0 Å². The summed E-state index contributed by atoms with van der Waals surface area (Å²) in [5.74, 6) is 0.838. The van der Waals surface area contributed by atoms with Crippen LogP contribution in [0.4, 0.5) is 4.79 Å². The average molecular weight is 247 g/mol. The number of nitrogens with zero attached hydrogens (tertiary/aromatic N) is 1. The zero-order chi connectivity index (χ0) is 13.0. The van der Waals surface area contributed by atoms with Crippen LogP contribution in [0.15, 0.2) is 36.9 Å². The van der Waals surface area contributed by atoms with Crippen molar-refractivity contribution in [2.45, 2.75) is 12.5 Å². The molecule has 1 saturated heterocycles. The maximum Gasteiger partial charge on any atom is 0.410 e. The first-order valence-corrected chi connectivity index (χ1v) is 5.93. The summed E-state index contributed by atoms with van der Waals surface area (Å²) in [6, 6.07) is 7.82. The highest BCUT2D eigenvalue weighted by atomic mass is 16.6. The van der Waals surface area contributed by atoms with Crippen LogP contribution in [-0.4, -0.2) is 37.3 Å². The molecule has 0 spiro atoms. The second-order valence-electron chi connectivity index (χ2n) is 4.25. The maximum absolute atomic E-state index is 11.2. The molecule has 18 heavy (non-hydrogen) atoms. The Hall–Kier alpha value is -1.97.